The van der Waals surface area contributed by atoms with Gasteiger partial charge in [0.1, 0.15) is 23.7 Å². The van der Waals surface area contributed by atoms with Crippen LogP contribution in [0, 0.1) is 6.92 Å². The summed E-state index contributed by atoms with van der Waals surface area (Å²) in [5.41, 5.74) is 10.2. The second-order valence-corrected chi connectivity index (χ2v) is 8.24. The number of aromatic nitrogens is 5. The molecule has 11 heteroatoms. The largest absolute Gasteiger partial charge is 0.476 e. The van der Waals surface area contributed by atoms with Crippen molar-refractivity contribution in [3.05, 3.63) is 53.9 Å². The third kappa shape index (κ3) is 5.58. The highest BCUT2D eigenvalue weighted by Gasteiger charge is 2.19. The summed E-state index contributed by atoms with van der Waals surface area (Å²) in [5, 5.41) is 14.5. The van der Waals surface area contributed by atoms with E-state index in [9.17, 15) is 0 Å². The monoisotopic (exact) mass is 476 g/mol. The molecule has 0 unspecified atom stereocenters. The van der Waals surface area contributed by atoms with Crippen LogP contribution in [0.1, 0.15) is 11.5 Å². The van der Waals surface area contributed by atoms with Crippen molar-refractivity contribution in [2.45, 2.75) is 13.5 Å². The molecule has 4 heterocycles. The highest BCUT2D eigenvalue weighted by Crippen LogP contribution is 2.33. The smallest absolute Gasteiger partial charge is 0.230 e. The first-order valence-corrected chi connectivity index (χ1v) is 11.5. The molecule has 1 aromatic carbocycles. The van der Waals surface area contributed by atoms with Gasteiger partial charge in [-0.15, -0.1) is 0 Å². The zero-order valence-corrected chi connectivity index (χ0v) is 19.5. The van der Waals surface area contributed by atoms with Gasteiger partial charge in [-0.2, -0.15) is 15.1 Å². The Labute approximate surface area is 202 Å². The van der Waals surface area contributed by atoms with E-state index in [1.165, 1.54) is 0 Å². The minimum Gasteiger partial charge on any atom is -0.476 e. The van der Waals surface area contributed by atoms with Crippen LogP contribution in [0.15, 0.2) is 47.0 Å². The number of ether oxygens (including phenoxy) is 2. The van der Waals surface area contributed by atoms with Crippen LogP contribution >= 0.6 is 0 Å². The lowest BCUT2D eigenvalue weighted by molar-refractivity contribution is 0.0320. The molecule has 0 aliphatic carbocycles. The summed E-state index contributed by atoms with van der Waals surface area (Å²) >= 11 is 0. The highest BCUT2D eigenvalue weighted by molar-refractivity contribution is 5.77. The van der Waals surface area contributed by atoms with Crippen LogP contribution in [0.3, 0.4) is 0 Å². The SMILES string of the molecule is Cc1cc(-c2c(N)nc(NCc3cc(-c4ccccc4)no3)nc2OCCN2CCOCC2)[nH]n1. The number of aryl methyl sites for hydroxylation is 1. The Kier molecular flexibility index (Phi) is 6.87. The van der Waals surface area contributed by atoms with E-state index < -0.39 is 0 Å². The van der Waals surface area contributed by atoms with Gasteiger partial charge in [-0.1, -0.05) is 35.5 Å². The van der Waals surface area contributed by atoms with Gasteiger partial charge >= 0.3 is 0 Å². The van der Waals surface area contributed by atoms with E-state index in [4.69, 9.17) is 19.7 Å². The number of aromatic amines is 1. The van der Waals surface area contributed by atoms with Crippen LogP contribution in [0.2, 0.25) is 0 Å². The first kappa shape index (κ1) is 22.8. The minimum atomic E-state index is 0.287. The van der Waals surface area contributed by atoms with Gasteiger partial charge in [0, 0.05) is 31.3 Å². The molecule has 3 aromatic heterocycles. The van der Waals surface area contributed by atoms with Crippen LogP contribution in [0.25, 0.3) is 22.5 Å². The fourth-order valence-corrected chi connectivity index (χ4v) is 3.85. The molecule has 4 aromatic rings. The second-order valence-electron chi connectivity index (χ2n) is 8.24. The van der Waals surface area contributed by atoms with Gasteiger partial charge in [0.25, 0.3) is 0 Å². The minimum absolute atomic E-state index is 0.287. The molecule has 0 spiro atoms. The molecule has 1 fully saturated rings. The molecule has 182 valence electrons. The highest BCUT2D eigenvalue weighted by atomic mass is 16.5. The van der Waals surface area contributed by atoms with Crippen molar-refractivity contribution in [2.24, 2.45) is 0 Å². The lowest BCUT2D eigenvalue weighted by atomic mass is 10.1. The van der Waals surface area contributed by atoms with E-state index in [1.807, 2.05) is 49.4 Å². The molecule has 0 atom stereocenters. The van der Waals surface area contributed by atoms with Crippen LogP contribution in [0.4, 0.5) is 11.8 Å². The summed E-state index contributed by atoms with van der Waals surface area (Å²) in [5.74, 6) is 1.66. The van der Waals surface area contributed by atoms with Crippen molar-refractivity contribution < 1.29 is 14.0 Å². The topological polar surface area (TPSA) is 140 Å². The number of nitrogens with two attached hydrogens (primary N) is 1. The third-order valence-electron chi connectivity index (χ3n) is 5.68. The molecule has 4 N–H and O–H groups in total. The van der Waals surface area contributed by atoms with Crippen molar-refractivity contribution in [2.75, 3.05) is 50.5 Å². The fraction of sp³-hybridized carbons (Fsp3) is 0.333. The summed E-state index contributed by atoms with van der Waals surface area (Å²) in [6, 6.07) is 13.6. The van der Waals surface area contributed by atoms with Gasteiger partial charge in [0.2, 0.25) is 11.8 Å². The molecule has 1 aliphatic rings. The zero-order valence-electron chi connectivity index (χ0n) is 19.5. The van der Waals surface area contributed by atoms with Crippen molar-refractivity contribution >= 4 is 11.8 Å². The van der Waals surface area contributed by atoms with Gasteiger partial charge in [-0.3, -0.25) is 10.00 Å². The van der Waals surface area contributed by atoms with E-state index >= 15 is 0 Å². The Balaban J connectivity index is 1.31. The Hall–Kier alpha value is -3.96. The molecule has 1 aliphatic heterocycles. The number of nitrogens with zero attached hydrogens (tertiary/aromatic N) is 5. The molecular formula is C24H28N8O3. The molecule has 0 saturated carbocycles. The Morgan fingerprint density at radius 2 is 1.97 bits per heavy atom. The zero-order chi connectivity index (χ0) is 24.0. The fourth-order valence-electron chi connectivity index (χ4n) is 3.85. The number of rotatable bonds is 9. The second kappa shape index (κ2) is 10.5. The maximum Gasteiger partial charge on any atom is 0.230 e. The summed E-state index contributed by atoms with van der Waals surface area (Å²) in [4.78, 5) is 11.3. The standard InChI is InChI=1S/C24H28N8O3/c1-16-13-20(30-29-16)21-22(25)27-24(28-23(21)34-12-9-32-7-10-33-11-8-32)26-15-18-14-19(31-35-18)17-5-3-2-4-6-17/h2-6,13-14H,7-12,15H2,1H3,(H,29,30)(H3,25,26,27,28). The van der Waals surface area contributed by atoms with Gasteiger partial charge in [0.15, 0.2) is 5.76 Å². The van der Waals surface area contributed by atoms with Crippen LogP contribution in [-0.4, -0.2) is 69.7 Å². The third-order valence-corrected chi connectivity index (χ3v) is 5.68. The predicted molar refractivity (Wildman–Crippen MR) is 131 cm³/mol. The number of nitrogen functional groups attached to an aromatic ring is 1. The molecule has 11 nitrogen and oxygen atoms in total. The molecule has 1 saturated heterocycles. The number of benzene rings is 1. The van der Waals surface area contributed by atoms with Crippen LogP contribution < -0.4 is 15.8 Å². The summed E-state index contributed by atoms with van der Waals surface area (Å²) in [6.45, 7) is 6.70. The van der Waals surface area contributed by atoms with Crippen molar-refractivity contribution in [1.29, 1.82) is 0 Å². The van der Waals surface area contributed by atoms with E-state index in [1.54, 1.807) is 0 Å². The summed E-state index contributed by atoms with van der Waals surface area (Å²) in [6.07, 6.45) is 0. The van der Waals surface area contributed by atoms with Crippen LogP contribution in [-0.2, 0) is 11.3 Å². The van der Waals surface area contributed by atoms with Crippen molar-refractivity contribution in [3.63, 3.8) is 0 Å². The normalized spacial score (nSPS) is 14.2. The van der Waals surface area contributed by atoms with Crippen molar-refractivity contribution in [1.82, 2.24) is 30.2 Å². The Morgan fingerprint density at radius 1 is 1.14 bits per heavy atom. The maximum atomic E-state index is 6.35. The average Bonchev–Trinajstić information content (AvgIpc) is 3.53. The molecule has 0 bridgehead atoms. The average molecular weight is 477 g/mol. The van der Waals surface area contributed by atoms with Crippen LogP contribution in [0.5, 0.6) is 5.88 Å². The summed E-state index contributed by atoms with van der Waals surface area (Å²) in [7, 11) is 0. The van der Waals surface area contributed by atoms with E-state index in [-0.39, 0.29) is 5.82 Å². The first-order chi connectivity index (χ1) is 17.2. The number of hydrogen-bond acceptors (Lipinski definition) is 10. The lowest BCUT2D eigenvalue weighted by Gasteiger charge is -2.26. The number of H-pyrrole nitrogens is 1. The van der Waals surface area contributed by atoms with E-state index in [2.05, 4.69) is 35.5 Å². The number of hydrogen-bond donors (Lipinski definition) is 3. The molecule has 35 heavy (non-hydrogen) atoms. The number of nitrogens with one attached hydrogen (secondary N) is 2. The van der Waals surface area contributed by atoms with Gasteiger partial charge in [-0.05, 0) is 13.0 Å². The molecule has 5 rings (SSSR count). The Morgan fingerprint density at radius 3 is 2.74 bits per heavy atom. The van der Waals surface area contributed by atoms with Gasteiger partial charge < -0.3 is 25.0 Å². The number of anilines is 2. The molecule has 0 amide bonds. The van der Waals surface area contributed by atoms with Gasteiger partial charge in [0.05, 0.1) is 31.1 Å². The van der Waals surface area contributed by atoms with Gasteiger partial charge in [-0.25, -0.2) is 0 Å². The maximum absolute atomic E-state index is 6.35. The van der Waals surface area contributed by atoms with E-state index in [0.717, 1.165) is 49.8 Å². The molecule has 0 radical (unpaired) electrons. The lowest BCUT2D eigenvalue weighted by Crippen LogP contribution is -2.38. The Bertz CT molecular complexity index is 1250. The predicted octanol–water partition coefficient (Wildman–Crippen LogP) is 2.74. The number of morpholine rings is 1. The van der Waals surface area contributed by atoms with Crippen molar-refractivity contribution in [3.8, 4) is 28.4 Å². The summed E-state index contributed by atoms with van der Waals surface area (Å²) < 4.78 is 17.0. The van der Waals surface area contributed by atoms with E-state index in [0.29, 0.717) is 42.0 Å². The first-order valence-electron chi connectivity index (χ1n) is 11.5. The molecular weight excluding hydrogens is 448 g/mol. The quantitative estimate of drug-likeness (QED) is 0.330.